The van der Waals surface area contributed by atoms with Gasteiger partial charge in [-0.2, -0.15) is 0 Å². The SMILES string of the molecule is c1ccc(-c2ccc3c4cc(-c5ccc6c(c5)sc5ccccc56)ccc4n(-c4ccc5c(c4)oc4ccccc45)c3c2)cc1. The van der Waals surface area contributed by atoms with Crippen molar-refractivity contribution >= 4 is 75.3 Å². The zero-order valence-electron chi connectivity index (χ0n) is 24.2. The number of benzene rings is 7. The highest BCUT2D eigenvalue weighted by Crippen LogP contribution is 2.40. The molecule has 10 rings (SSSR count). The summed E-state index contributed by atoms with van der Waals surface area (Å²) in [6.07, 6.45) is 0. The molecule has 0 N–H and O–H groups in total. The second-order valence-electron chi connectivity index (χ2n) is 11.8. The summed E-state index contributed by atoms with van der Waals surface area (Å²) in [5.74, 6) is 0. The second-order valence-corrected chi connectivity index (χ2v) is 12.8. The van der Waals surface area contributed by atoms with Gasteiger partial charge in [0.25, 0.3) is 0 Å². The smallest absolute Gasteiger partial charge is 0.137 e. The van der Waals surface area contributed by atoms with Crippen molar-refractivity contribution in [3.8, 4) is 27.9 Å². The Kier molecular flexibility index (Phi) is 5.19. The van der Waals surface area contributed by atoms with Crippen LogP contribution >= 0.6 is 11.3 Å². The molecule has 0 unspecified atom stereocenters. The Bertz CT molecular complexity index is 2760. The number of para-hydroxylation sites is 1. The standard InChI is InChI=1S/C42H25NOS/c1-2-8-26(9-3-1)28-14-18-31-36-22-27(29-15-19-35-34-11-5-7-13-41(34)45-42(35)24-29)16-21-37(36)43(38(31)23-28)30-17-20-33-32-10-4-6-12-39(32)44-40(33)25-30/h1-25H. The highest BCUT2D eigenvalue weighted by molar-refractivity contribution is 7.25. The van der Waals surface area contributed by atoms with E-state index in [1.54, 1.807) is 0 Å². The van der Waals surface area contributed by atoms with Crippen LogP contribution in [0, 0.1) is 0 Å². The fraction of sp³-hybridized carbons (Fsp3) is 0. The van der Waals surface area contributed by atoms with Gasteiger partial charge >= 0.3 is 0 Å². The molecule has 0 spiro atoms. The molecule has 0 fully saturated rings. The molecule has 0 aliphatic carbocycles. The average molecular weight is 592 g/mol. The van der Waals surface area contributed by atoms with E-state index >= 15 is 0 Å². The minimum atomic E-state index is 0.899. The molecule has 7 aromatic carbocycles. The highest BCUT2D eigenvalue weighted by atomic mass is 32.1. The monoisotopic (exact) mass is 591 g/mol. The molecule has 0 bridgehead atoms. The van der Waals surface area contributed by atoms with Crippen LogP contribution in [-0.4, -0.2) is 4.57 Å². The summed E-state index contributed by atoms with van der Waals surface area (Å²) in [5.41, 5.74) is 10.1. The van der Waals surface area contributed by atoms with E-state index in [1.807, 2.05) is 23.5 Å². The van der Waals surface area contributed by atoms with E-state index in [9.17, 15) is 0 Å². The molecule has 0 saturated heterocycles. The molecule has 0 saturated carbocycles. The van der Waals surface area contributed by atoms with Crippen LogP contribution in [0.15, 0.2) is 156 Å². The first kappa shape index (κ1) is 24.8. The van der Waals surface area contributed by atoms with E-state index in [-0.39, 0.29) is 0 Å². The van der Waals surface area contributed by atoms with Crippen LogP contribution in [0.25, 0.3) is 91.9 Å². The van der Waals surface area contributed by atoms with Gasteiger partial charge in [0.05, 0.1) is 11.0 Å². The summed E-state index contributed by atoms with van der Waals surface area (Å²) < 4.78 is 11.4. The number of nitrogens with zero attached hydrogens (tertiary/aromatic N) is 1. The first-order valence-corrected chi connectivity index (χ1v) is 16.1. The molecule has 210 valence electrons. The topological polar surface area (TPSA) is 18.1 Å². The van der Waals surface area contributed by atoms with Crippen molar-refractivity contribution in [3.05, 3.63) is 152 Å². The van der Waals surface area contributed by atoms with Gasteiger partial charge in [-0.05, 0) is 70.8 Å². The summed E-state index contributed by atoms with van der Waals surface area (Å²) in [6, 6.07) is 54.9. The maximum atomic E-state index is 6.33. The molecule has 0 aliphatic rings. The maximum Gasteiger partial charge on any atom is 0.137 e. The normalized spacial score (nSPS) is 12.0. The van der Waals surface area contributed by atoms with Crippen molar-refractivity contribution in [2.45, 2.75) is 0 Å². The van der Waals surface area contributed by atoms with Crippen LogP contribution in [0.4, 0.5) is 0 Å². The molecule has 3 aromatic heterocycles. The number of thiophene rings is 1. The number of hydrogen-bond donors (Lipinski definition) is 0. The second kappa shape index (κ2) is 9.43. The fourth-order valence-electron chi connectivity index (χ4n) is 7.05. The molecule has 3 heteroatoms. The number of rotatable bonds is 3. The zero-order valence-corrected chi connectivity index (χ0v) is 25.0. The highest BCUT2D eigenvalue weighted by Gasteiger charge is 2.17. The average Bonchev–Trinajstić information content (AvgIpc) is 3.76. The third-order valence-electron chi connectivity index (χ3n) is 9.21. The van der Waals surface area contributed by atoms with Crippen LogP contribution in [-0.2, 0) is 0 Å². The van der Waals surface area contributed by atoms with Crippen molar-refractivity contribution in [3.63, 3.8) is 0 Å². The van der Waals surface area contributed by atoms with Crippen molar-refractivity contribution in [2.75, 3.05) is 0 Å². The van der Waals surface area contributed by atoms with Crippen LogP contribution in [0.1, 0.15) is 0 Å². The molecule has 0 aliphatic heterocycles. The van der Waals surface area contributed by atoms with Gasteiger partial charge in [-0.25, -0.2) is 0 Å². The van der Waals surface area contributed by atoms with E-state index in [1.165, 1.54) is 64.2 Å². The molecule has 0 amide bonds. The molecule has 45 heavy (non-hydrogen) atoms. The molecular formula is C42H25NOS. The Morgan fingerprint density at radius 3 is 1.96 bits per heavy atom. The molecular weight excluding hydrogens is 567 g/mol. The fourth-order valence-corrected chi connectivity index (χ4v) is 8.19. The van der Waals surface area contributed by atoms with Crippen LogP contribution in [0.5, 0.6) is 0 Å². The molecule has 2 nitrogen and oxygen atoms in total. The Labute approximate surface area is 263 Å². The lowest BCUT2D eigenvalue weighted by atomic mass is 10.0. The quantitative estimate of drug-likeness (QED) is 0.200. The van der Waals surface area contributed by atoms with Gasteiger partial charge in [-0.3, -0.25) is 0 Å². The minimum absolute atomic E-state index is 0.899. The third-order valence-corrected chi connectivity index (χ3v) is 10.3. The lowest BCUT2D eigenvalue weighted by molar-refractivity contribution is 0.668. The molecule has 3 heterocycles. The Morgan fingerprint density at radius 2 is 1.04 bits per heavy atom. The number of hydrogen-bond acceptors (Lipinski definition) is 2. The Morgan fingerprint density at radius 1 is 0.378 bits per heavy atom. The predicted molar refractivity (Wildman–Crippen MR) is 192 cm³/mol. The number of aromatic nitrogens is 1. The lowest BCUT2D eigenvalue weighted by Gasteiger charge is -2.10. The van der Waals surface area contributed by atoms with E-state index < -0.39 is 0 Å². The van der Waals surface area contributed by atoms with Gasteiger partial charge < -0.3 is 8.98 Å². The zero-order chi connectivity index (χ0) is 29.5. The van der Waals surface area contributed by atoms with Crippen LogP contribution in [0.2, 0.25) is 0 Å². The van der Waals surface area contributed by atoms with Crippen molar-refractivity contribution < 1.29 is 4.42 Å². The van der Waals surface area contributed by atoms with E-state index in [4.69, 9.17) is 4.42 Å². The van der Waals surface area contributed by atoms with Crippen molar-refractivity contribution in [1.82, 2.24) is 4.57 Å². The van der Waals surface area contributed by atoms with Crippen molar-refractivity contribution in [1.29, 1.82) is 0 Å². The van der Waals surface area contributed by atoms with Gasteiger partial charge in [-0.15, -0.1) is 11.3 Å². The first-order valence-electron chi connectivity index (χ1n) is 15.3. The predicted octanol–water partition coefficient (Wildman–Crippen LogP) is 12.4. The van der Waals surface area contributed by atoms with Gasteiger partial charge in [0.2, 0.25) is 0 Å². The van der Waals surface area contributed by atoms with Crippen LogP contribution in [0.3, 0.4) is 0 Å². The van der Waals surface area contributed by atoms with Gasteiger partial charge in [0, 0.05) is 53.5 Å². The third kappa shape index (κ3) is 3.75. The minimum Gasteiger partial charge on any atom is -0.456 e. The number of fused-ring (bicyclic) bond motifs is 9. The van der Waals surface area contributed by atoms with Gasteiger partial charge in [0.15, 0.2) is 0 Å². The van der Waals surface area contributed by atoms with Crippen LogP contribution < -0.4 is 0 Å². The van der Waals surface area contributed by atoms with E-state index in [0.29, 0.717) is 0 Å². The van der Waals surface area contributed by atoms with E-state index in [2.05, 4.69) is 144 Å². The number of furan rings is 1. The maximum absolute atomic E-state index is 6.33. The van der Waals surface area contributed by atoms with Gasteiger partial charge in [-0.1, -0.05) is 97.1 Å². The summed E-state index contributed by atoms with van der Waals surface area (Å²) in [7, 11) is 0. The summed E-state index contributed by atoms with van der Waals surface area (Å²) in [5, 5.41) is 7.42. The summed E-state index contributed by atoms with van der Waals surface area (Å²) >= 11 is 1.87. The lowest BCUT2D eigenvalue weighted by Crippen LogP contribution is -1.94. The van der Waals surface area contributed by atoms with Crippen molar-refractivity contribution in [2.24, 2.45) is 0 Å². The first-order chi connectivity index (χ1) is 22.3. The molecule has 0 radical (unpaired) electrons. The Balaban J connectivity index is 1.21. The molecule has 10 aromatic rings. The Hall–Kier alpha value is -5.64. The summed E-state index contributed by atoms with van der Waals surface area (Å²) in [4.78, 5) is 0. The molecule has 0 atom stereocenters. The van der Waals surface area contributed by atoms with E-state index in [0.717, 1.165) is 27.6 Å². The largest absolute Gasteiger partial charge is 0.456 e. The summed E-state index contributed by atoms with van der Waals surface area (Å²) in [6.45, 7) is 0. The van der Waals surface area contributed by atoms with Gasteiger partial charge in [0.1, 0.15) is 11.2 Å².